The molecular formula is C25H25NO. The Balaban J connectivity index is 1.85. The zero-order chi connectivity index (χ0) is 18.7. The summed E-state index contributed by atoms with van der Waals surface area (Å²) in [5, 5.41) is 11.2. The smallest absolute Gasteiger partial charge is 0.128 e. The third-order valence-corrected chi connectivity index (χ3v) is 5.81. The molecule has 0 amide bonds. The van der Waals surface area contributed by atoms with Crippen LogP contribution in [0.3, 0.4) is 0 Å². The fourth-order valence-electron chi connectivity index (χ4n) is 3.81. The largest absolute Gasteiger partial charge is 0.507 e. The number of hydrogen-bond donors (Lipinski definition) is 1. The number of nitrogens with zero attached hydrogens (tertiary/aromatic N) is 1. The Morgan fingerprint density at radius 3 is 1.96 bits per heavy atom. The summed E-state index contributed by atoms with van der Waals surface area (Å²) in [6, 6.07) is 27.2. The molecule has 0 unspecified atom stereocenters. The minimum absolute atomic E-state index is 0.316. The highest BCUT2D eigenvalue weighted by Crippen LogP contribution is 2.43. The molecule has 1 aliphatic carbocycles. The summed E-state index contributed by atoms with van der Waals surface area (Å²) in [5.74, 6) is 0.316. The van der Waals surface area contributed by atoms with E-state index in [2.05, 4.69) is 60.4 Å². The average molecular weight is 355 g/mol. The normalized spacial score (nSPS) is 15.0. The van der Waals surface area contributed by atoms with Gasteiger partial charge < -0.3 is 5.11 Å². The van der Waals surface area contributed by atoms with Gasteiger partial charge in [-0.2, -0.15) is 0 Å². The van der Waals surface area contributed by atoms with Crippen LogP contribution < -0.4 is 0 Å². The molecule has 0 aromatic heterocycles. The molecule has 1 saturated carbocycles. The number of phenols is 1. The summed E-state index contributed by atoms with van der Waals surface area (Å²) in [4.78, 5) is 4.64. The average Bonchev–Trinajstić information content (AvgIpc) is 2.69. The number of aliphatic imine (C=N–C) groups is 1. The van der Waals surface area contributed by atoms with Crippen LogP contribution in [0.4, 0.5) is 0 Å². The Hall–Kier alpha value is -2.87. The molecule has 0 heterocycles. The van der Waals surface area contributed by atoms with Crippen molar-refractivity contribution in [2.24, 2.45) is 4.99 Å². The van der Waals surface area contributed by atoms with Gasteiger partial charge in [-0.3, -0.25) is 4.99 Å². The molecule has 27 heavy (non-hydrogen) atoms. The number of aromatic hydroxyl groups is 1. The Kier molecular flexibility index (Phi) is 4.81. The van der Waals surface area contributed by atoms with E-state index < -0.39 is 5.41 Å². The first kappa shape index (κ1) is 17.5. The minimum atomic E-state index is -0.451. The second kappa shape index (κ2) is 7.40. The van der Waals surface area contributed by atoms with Gasteiger partial charge in [0, 0.05) is 28.8 Å². The fourth-order valence-corrected chi connectivity index (χ4v) is 3.81. The zero-order valence-electron chi connectivity index (χ0n) is 15.7. The first-order chi connectivity index (χ1) is 13.2. The van der Waals surface area contributed by atoms with Crippen molar-refractivity contribution in [2.75, 3.05) is 0 Å². The van der Waals surface area contributed by atoms with E-state index in [9.17, 15) is 5.11 Å². The number of rotatable bonds is 5. The lowest BCUT2D eigenvalue weighted by Gasteiger charge is -2.32. The van der Waals surface area contributed by atoms with E-state index in [1.165, 1.54) is 6.42 Å². The maximum Gasteiger partial charge on any atom is 0.128 e. The number of para-hydroxylation sites is 1. The SMILES string of the molecule is CC(c1ccccc1)(c1ccccc1)c1cccc(C=NC2CCC2)c1O. The van der Waals surface area contributed by atoms with Crippen LogP contribution in [0.1, 0.15) is 48.4 Å². The van der Waals surface area contributed by atoms with Gasteiger partial charge in [0.1, 0.15) is 5.75 Å². The summed E-state index contributed by atoms with van der Waals surface area (Å²) in [7, 11) is 0. The highest BCUT2D eigenvalue weighted by molar-refractivity contribution is 5.85. The van der Waals surface area contributed by atoms with Crippen LogP contribution in [0.25, 0.3) is 0 Å². The lowest BCUT2D eigenvalue weighted by molar-refractivity contribution is 0.421. The number of benzene rings is 3. The maximum absolute atomic E-state index is 11.2. The Morgan fingerprint density at radius 2 is 1.44 bits per heavy atom. The van der Waals surface area contributed by atoms with Crippen molar-refractivity contribution < 1.29 is 5.11 Å². The van der Waals surface area contributed by atoms with E-state index in [1.807, 2.05) is 36.5 Å². The summed E-state index contributed by atoms with van der Waals surface area (Å²) in [6.45, 7) is 2.18. The standard InChI is InChI=1S/C25H25NO/c1-25(20-11-4-2-5-12-20,21-13-6-3-7-14-21)23-17-8-10-19(24(23)27)18-26-22-15-9-16-22/h2-8,10-14,17-18,22,27H,9,15-16H2,1H3. The van der Waals surface area contributed by atoms with Crippen molar-refractivity contribution in [3.8, 4) is 5.75 Å². The molecule has 4 rings (SSSR count). The first-order valence-electron chi connectivity index (χ1n) is 9.66. The van der Waals surface area contributed by atoms with Gasteiger partial charge in [-0.05, 0) is 43.4 Å². The van der Waals surface area contributed by atoms with Crippen LogP contribution in [0.2, 0.25) is 0 Å². The lowest BCUT2D eigenvalue weighted by Crippen LogP contribution is -2.25. The van der Waals surface area contributed by atoms with E-state index in [4.69, 9.17) is 0 Å². The van der Waals surface area contributed by atoms with Gasteiger partial charge in [0.25, 0.3) is 0 Å². The molecule has 3 aromatic carbocycles. The molecule has 136 valence electrons. The fraction of sp³-hybridized carbons (Fsp3) is 0.240. The zero-order valence-corrected chi connectivity index (χ0v) is 15.7. The summed E-state index contributed by atoms with van der Waals surface area (Å²) in [6.07, 6.45) is 5.42. The third kappa shape index (κ3) is 3.28. The molecule has 0 spiro atoms. The van der Waals surface area contributed by atoms with Crippen molar-refractivity contribution in [2.45, 2.75) is 37.6 Å². The minimum Gasteiger partial charge on any atom is -0.507 e. The Morgan fingerprint density at radius 1 is 0.852 bits per heavy atom. The summed E-state index contributed by atoms with van der Waals surface area (Å²) < 4.78 is 0. The molecule has 2 heteroatoms. The van der Waals surface area contributed by atoms with Crippen molar-refractivity contribution >= 4 is 6.21 Å². The third-order valence-electron chi connectivity index (χ3n) is 5.81. The van der Waals surface area contributed by atoms with E-state index in [1.54, 1.807) is 0 Å². The molecule has 3 aromatic rings. The second-order valence-corrected chi connectivity index (χ2v) is 7.46. The predicted octanol–water partition coefficient (Wildman–Crippen LogP) is 5.72. The molecule has 0 aliphatic heterocycles. The highest BCUT2D eigenvalue weighted by Gasteiger charge is 2.33. The van der Waals surface area contributed by atoms with Crippen molar-refractivity contribution in [1.29, 1.82) is 0 Å². The number of phenolic OH excluding ortho intramolecular Hbond substituents is 1. The van der Waals surface area contributed by atoms with Gasteiger partial charge in [0.05, 0.1) is 0 Å². The predicted molar refractivity (Wildman–Crippen MR) is 112 cm³/mol. The van der Waals surface area contributed by atoms with Crippen LogP contribution in [-0.2, 0) is 5.41 Å². The molecule has 0 bridgehead atoms. The molecule has 2 nitrogen and oxygen atoms in total. The first-order valence-corrected chi connectivity index (χ1v) is 9.66. The quantitative estimate of drug-likeness (QED) is 0.461. The lowest BCUT2D eigenvalue weighted by atomic mass is 9.70. The number of hydrogen-bond acceptors (Lipinski definition) is 2. The van der Waals surface area contributed by atoms with Crippen molar-refractivity contribution in [3.63, 3.8) is 0 Å². The van der Waals surface area contributed by atoms with Crippen molar-refractivity contribution in [3.05, 3.63) is 101 Å². The van der Waals surface area contributed by atoms with E-state index >= 15 is 0 Å². The van der Waals surface area contributed by atoms with Crippen LogP contribution in [0.5, 0.6) is 5.75 Å². The van der Waals surface area contributed by atoms with Gasteiger partial charge in [0.2, 0.25) is 0 Å². The topological polar surface area (TPSA) is 32.6 Å². The van der Waals surface area contributed by atoms with Crippen LogP contribution in [-0.4, -0.2) is 17.4 Å². The summed E-state index contributed by atoms with van der Waals surface area (Å²) >= 11 is 0. The Labute approximate surface area is 161 Å². The van der Waals surface area contributed by atoms with Crippen molar-refractivity contribution in [1.82, 2.24) is 0 Å². The van der Waals surface area contributed by atoms with Crippen LogP contribution in [0, 0.1) is 0 Å². The Bertz CT molecular complexity index is 888. The molecule has 0 radical (unpaired) electrons. The maximum atomic E-state index is 11.2. The van der Waals surface area contributed by atoms with Crippen LogP contribution in [0.15, 0.2) is 83.9 Å². The van der Waals surface area contributed by atoms with Gasteiger partial charge in [-0.25, -0.2) is 0 Å². The van der Waals surface area contributed by atoms with Crippen LogP contribution >= 0.6 is 0 Å². The molecule has 1 fully saturated rings. The van der Waals surface area contributed by atoms with E-state index in [0.717, 1.165) is 35.1 Å². The second-order valence-electron chi connectivity index (χ2n) is 7.46. The van der Waals surface area contributed by atoms with Gasteiger partial charge >= 0.3 is 0 Å². The molecular weight excluding hydrogens is 330 g/mol. The molecule has 0 atom stereocenters. The molecule has 1 N–H and O–H groups in total. The van der Waals surface area contributed by atoms with Gasteiger partial charge in [-0.15, -0.1) is 0 Å². The van der Waals surface area contributed by atoms with Gasteiger partial charge in [-0.1, -0.05) is 72.8 Å². The van der Waals surface area contributed by atoms with Gasteiger partial charge in [0.15, 0.2) is 0 Å². The summed E-state index contributed by atoms with van der Waals surface area (Å²) in [5.41, 5.74) is 3.54. The van der Waals surface area contributed by atoms with E-state index in [-0.39, 0.29) is 0 Å². The molecule has 1 aliphatic rings. The van der Waals surface area contributed by atoms with E-state index in [0.29, 0.717) is 11.8 Å². The monoisotopic (exact) mass is 355 g/mol. The highest BCUT2D eigenvalue weighted by atomic mass is 16.3. The molecule has 0 saturated heterocycles.